The number of ether oxygens (including phenoxy) is 1. The smallest absolute Gasteiger partial charge is 0.407 e. The van der Waals surface area contributed by atoms with E-state index < -0.39 is 5.60 Å². The number of rotatable bonds is 4. The molecule has 0 heterocycles. The lowest BCUT2D eigenvalue weighted by molar-refractivity contribution is 0.0503. The minimum Gasteiger partial charge on any atom is -0.444 e. The van der Waals surface area contributed by atoms with E-state index >= 15 is 0 Å². The Labute approximate surface area is 110 Å². The highest BCUT2D eigenvalue weighted by molar-refractivity contribution is 5.68. The molecule has 0 spiro atoms. The van der Waals surface area contributed by atoms with Crippen molar-refractivity contribution in [1.82, 2.24) is 5.32 Å². The van der Waals surface area contributed by atoms with Crippen molar-refractivity contribution in [2.24, 2.45) is 0 Å². The van der Waals surface area contributed by atoms with Crippen LogP contribution in [0.3, 0.4) is 0 Å². The van der Waals surface area contributed by atoms with Gasteiger partial charge >= 0.3 is 6.09 Å². The van der Waals surface area contributed by atoms with Crippen molar-refractivity contribution in [2.75, 3.05) is 0 Å². The second kappa shape index (κ2) is 6.43. The van der Waals surface area contributed by atoms with E-state index in [1.54, 1.807) is 0 Å². The van der Waals surface area contributed by atoms with Gasteiger partial charge in [0.1, 0.15) is 5.60 Å². The largest absolute Gasteiger partial charge is 0.444 e. The standard InChI is InChI=1S/C15H23NO2/c1-5-13(11-12-9-7-6-8-10-12)16-14(17)18-15(2,3)4/h6-10,13H,5,11H2,1-4H3,(H,16,17)/t13-/m1/s1. The van der Waals surface area contributed by atoms with Crippen LogP contribution in [-0.2, 0) is 11.2 Å². The fourth-order valence-electron chi connectivity index (χ4n) is 1.67. The van der Waals surface area contributed by atoms with Crippen LogP contribution in [0, 0.1) is 0 Å². The highest BCUT2D eigenvalue weighted by atomic mass is 16.6. The Morgan fingerprint density at radius 2 is 1.89 bits per heavy atom. The zero-order valence-electron chi connectivity index (χ0n) is 11.7. The fraction of sp³-hybridized carbons (Fsp3) is 0.533. The number of alkyl carbamates (subject to hydrolysis) is 1. The maximum absolute atomic E-state index is 11.7. The van der Waals surface area contributed by atoms with E-state index in [0.717, 1.165) is 12.8 Å². The Hall–Kier alpha value is -1.51. The number of benzene rings is 1. The maximum Gasteiger partial charge on any atom is 0.407 e. The van der Waals surface area contributed by atoms with E-state index in [1.165, 1.54) is 5.56 Å². The van der Waals surface area contributed by atoms with Crippen molar-refractivity contribution in [3.8, 4) is 0 Å². The highest BCUT2D eigenvalue weighted by Crippen LogP contribution is 2.09. The predicted molar refractivity (Wildman–Crippen MR) is 73.6 cm³/mol. The van der Waals surface area contributed by atoms with E-state index in [9.17, 15) is 4.79 Å². The van der Waals surface area contributed by atoms with Gasteiger partial charge in [0.2, 0.25) is 0 Å². The summed E-state index contributed by atoms with van der Waals surface area (Å²) in [5.74, 6) is 0. The lowest BCUT2D eigenvalue weighted by Gasteiger charge is -2.23. The first kappa shape index (κ1) is 14.6. The second-order valence-corrected chi connectivity index (χ2v) is 5.44. The molecule has 1 aromatic carbocycles. The molecule has 0 bridgehead atoms. The number of hydrogen-bond acceptors (Lipinski definition) is 2. The van der Waals surface area contributed by atoms with E-state index in [0.29, 0.717) is 0 Å². The molecule has 0 aromatic heterocycles. The van der Waals surface area contributed by atoms with Gasteiger partial charge in [-0.15, -0.1) is 0 Å². The highest BCUT2D eigenvalue weighted by Gasteiger charge is 2.18. The molecule has 0 fully saturated rings. The lowest BCUT2D eigenvalue weighted by Crippen LogP contribution is -2.39. The zero-order chi connectivity index (χ0) is 13.6. The normalized spacial score (nSPS) is 12.9. The number of amides is 1. The van der Waals surface area contributed by atoms with Gasteiger partial charge in [-0.05, 0) is 39.2 Å². The number of hydrogen-bond donors (Lipinski definition) is 1. The molecule has 0 aliphatic carbocycles. The van der Waals surface area contributed by atoms with Gasteiger partial charge in [0.05, 0.1) is 0 Å². The Bertz CT molecular complexity index is 368. The van der Waals surface area contributed by atoms with E-state index in [1.807, 2.05) is 39.0 Å². The Morgan fingerprint density at radius 3 is 2.39 bits per heavy atom. The average molecular weight is 249 g/mol. The van der Waals surface area contributed by atoms with Gasteiger partial charge < -0.3 is 10.1 Å². The van der Waals surface area contributed by atoms with Crippen molar-refractivity contribution >= 4 is 6.09 Å². The molecule has 0 aliphatic rings. The monoisotopic (exact) mass is 249 g/mol. The summed E-state index contributed by atoms with van der Waals surface area (Å²) >= 11 is 0. The first-order valence-corrected chi connectivity index (χ1v) is 6.44. The molecule has 1 aromatic rings. The third-order valence-electron chi connectivity index (χ3n) is 2.54. The van der Waals surface area contributed by atoms with Crippen molar-refractivity contribution in [2.45, 2.75) is 52.2 Å². The SMILES string of the molecule is CC[C@H](Cc1ccccc1)NC(=O)OC(C)(C)C. The van der Waals surface area contributed by atoms with Crippen LogP contribution < -0.4 is 5.32 Å². The van der Waals surface area contributed by atoms with Crippen molar-refractivity contribution in [3.63, 3.8) is 0 Å². The minimum absolute atomic E-state index is 0.113. The number of carbonyl (C=O) groups excluding carboxylic acids is 1. The molecule has 0 unspecified atom stereocenters. The van der Waals surface area contributed by atoms with Gasteiger partial charge in [-0.1, -0.05) is 37.3 Å². The zero-order valence-corrected chi connectivity index (χ0v) is 11.7. The Balaban J connectivity index is 2.50. The van der Waals surface area contributed by atoms with Crippen LogP contribution in [0.15, 0.2) is 30.3 Å². The lowest BCUT2D eigenvalue weighted by atomic mass is 10.0. The van der Waals surface area contributed by atoms with Crippen molar-refractivity contribution in [3.05, 3.63) is 35.9 Å². The summed E-state index contributed by atoms with van der Waals surface area (Å²) in [5, 5.41) is 2.91. The molecule has 0 saturated heterocycles. The van der Waals surface area contributed by atoms with E-state index in [-0.39, 0.29) is 12.1 Å². The van der Waals surface area contributed by atoms with Crippen LogP contribution in [-0.4, -0.2) is 17.7 Å². The fourth-order valence-corrected chi connectivity index (χ4v) is 1.67. The number of nitrogens with one attached hydrogen (secondary N) is 1. The van der Waals surface area contributed by atoms with Crippen LogP contribution in [0.25, 0.3) is 0 Å². The molecule has 1 amide bonds. The first-order valence-electron chi connectivity index (χ1n) is 6.44. The summed E-state index contributed by atoms with van der Waals surface area (Å²) in [6, 6.07) is 10.3. The summed E-state index contributed by atoms with van der Waals surface area (Å²) in [7, 11) is 0. The molecule has 1 rings (SSSR count). The average Bonchev–Trinajstić information content (AvgIpc) is 2.27. The molecule has 3 nitrogen and oxygen atoms in total. The van der Waals surface area contributed by atoms with Crippen LogP contribution in [0.1, 0.15) is 39.7 Å². The third-order valence-corrected chi connectivity index (χ3v) is 2.54. The van der Waals surface area contributed by atoms with Crippen LogP contribution in [0.2, 0.25) is 0 Å². The van der Waals surface area contributed by atoms with Gasteiger partial charge in [-0.25, -0.2) is 4.79 Å². The van der Waals surface area contributed by atoms with Crippen LogP contribution >= 0.6 is 0 Å². The first-order chi connectivity index (χ1) is 8.40. The molecule has 0 radical (unpaired) electrons. The summed E-state index contributed by atoms with van der Waals surface area (Å²) in [4.78, 5) is 11.7. The molecule has 18 heavy (non-hydrogen) atoms. The Kier molecular flexibility index (Phi) is 5.20. The van der Waals surface area contributed by atoms with Crippen molar-refractivity contribution < 1.29 is 9.53 Å². The summed E-state index contributed by atoms with van der Waals surface area (Å²) < 4.78 is 5.26. The quantitative estimate of drug-likeness (QED) is 0.886. The van der Waals surface area contributed by atoms with Crippen molar-refractivity contribution in [1.29, 1.82) is 0 Å². The summed E-state index contributed by atoms with van der Waals surface area (Å²) in [6.07, 6.45) is 1.37. The van der Waals surface area contributed by atoms with Crippen LogP contribution in [0.5, 0.6) is 0 Å². The summed E-state index contributed by atoms with van der Waals surface area (Å²) in [6.45, 7) is 7.66. The molecular formula is C15H23NO2. The third kappa shape index (κ3) is 5.71. The van der Waals surface area contributed by atoms with Crippen LogP contribution in [0.4, 0.5) is 4.79 Å². The molecule has 0 saturated carbocycles. The van der Waals surface area contributed by atoms with Gasteiger partial charge in [0.15, 0.2) is 0 Å². The van der Waals surface area contributed by atoms with E-state index in [2.05, 4.69) is 24.4 Å². The Morgan fingerprint density at radius 1 is 1.28 bits per heavy atom. The molecule has 1 atom stereocenters. The van der Waals surface area contributed by atoms with Gasteiger partial charge in [0, 0.05) is 6.04 Å². The molecular weight excluding hydrogens is 226 g/mol. The molecule has 100 valence electrons. The topological polar surface area (TPSA) is 38.3 Å². The van der Waals surface area contributed by atoms with Gasteiger partial charge in [-0.3, -0.25) is 0 Å². The summed E-state index contributed by atoms with van der Waals surface area (Å²) in [5.41, 5.74) is 0.773. The second-order valence-electron chi connectivity index (χ2n) is 5.44. The van der Waals surface area contributed by atoms with Gasteiger partial charge in [-0.2, -0.15) is 0 Å². The number of carbonyl (C=O) groups is 1. The minimum atomic E-state index is -0.449. The maximum atomic E-state index is 11.7. The van der Waals surface area contributed by atoms with Gasteiger partial charge in [0.25, 0.3) is 0 Å². The predicted octanol–water partition coefficient (Wildman–Crippen LogP) is 3.53. The molecule has 0 aliphatic heterocycles. The molecule has 1 N–H and O–H groups in total. The molecule has 3 heteroatoms. The van der Waals surface area contributed by atoms with E-state index in [4.69, 9.17) is 4.74 Å².